The van der Waals surface area contributed by atoms with E-state index in [-0.39, 0.29) is 36.6 Å². The first kappa shape index (κ1) is 23.1. The van der Waals surface area contributed by atoms with Crippen molar-refractivity contribution < 1.29 is 4.74 Å². The molecule has 0 aromatic carbocycles. The van der Waals surface area contributed by atoms with Crippen molar-refractivity contribution in [3.63, 3.8) is 0 Å². The highest BCUT2D eigenvalue weighted by Gasteiger charge is 2.29. The molecule has 0 saturated carbocycles. The summed E-state index contributed by atoms with van der Waals surface area (Å²) in [6.45, 7) is 5.50. The van der Waals surface area contributed by atoms with Crippen molar-refractivity contribution in [1.82, 2.24) is 20.0 Å². The smallest absolute Gasteiger partial charge is 0.244 e. The summed E-state index contributed by atoms with van der Waals surface area (Å²) in [5.41, 5.74) is 28.0. The van der Waals surface area contributed by atoms with Crippen molar-refractivity contribution >= 4 is 30.3 Å². The van der Waals surface area contributed by atoms with Crippen molar-refractivity contribution in [3.8, 4) is 0 Å². The summed E-state index contributed by atoms with van der Waals surface area (Å²) in [6, 6.07) is -0.0317. The number of anilines is 3. The molecule has 3 fully saturated rings. The summed E-state index contributed by atoms with van der Waals surface area (Å²) < 4.78 is 5.42. The fourth-order valence-electron chi connectivity index (χ4n) is 4.19. The third kappa shape index (κ3) is 5.78. The molecule has 1 aromatic rings. The molecule has 3 aliphatic heterocycles. The van der Waals surface area contributed by atoms with E-state index in [0.717, 1.165) is 25.9 Å². The Labute approximate surface area is 183 Å². The summed E-state index contributed by atoms with van der Waals surface area (Å²) in [7, 11) is 0. The van der Waals surface area contributed by atoms with Crippen LogP contribution in [0.15, 0.2) is 0 Å². The van der Waals surface area contributed by atoms with Gasteiger partial charge in [-0.2, -0.15) is 15.0 Å². The van der Waals surface area contributed by atoms with Gasteiger partial charge in [0.15, 0.2) is 0 Å². The molecule has 13 heteroatoms. The average Bonchev–Trinajstić information content (AvgIpc) is 2.67. The number of nitrogens with one attached hydrogen (secondary N) is 1. The monoisotopic (exact) mass is 443 g/mol. The van der Waals surface area contributed by atoms with E-state index in [2.05, 4.69) is 15.4 Å². The summed E-state index contributed by atoms with van der Waals surface area (Å²) >= 11 is 0. The molecule has 3 saturated heterocycles. The van der Waals surface area contributed by atoms with E-state index in [1.54, 1.807) is 0 Å². The normalized spacial score (nSPS) is 30.7. The van der Waals surface area contributed by atoms with Crippen molar-refractivity contribution in [3.05, 3.63) is 0 Å². The van der Waals surface area contributed by atoms with E-state index in [0.29, 0.717) is 57.2 Å². The first-order valence-corrected chi connectivity index (χ1v) is 10.3. The number of piperidine rings is 2. The van der Waals surface area contributed by atoms with Crippen molar-refractivity contribution in [2.24, 2.45) is 22.9 Å². The number of hydrogen-bond donors (Lipinski definition) is 5. The highest BCUT2D eigenvalue weighted by atomic mass is 35.5. The maximum absolute atomic E-state index is 6.18. The van der Waals surface area contributed by atoms with Gasteiger partial charge in [0.05, 0.1) is 13.2 Å². The molecule has 0 unspecified atom stereocenters. The second-order valence-electron chi connectivity index (χ2n) is 8.29. The van der Waals surface area contributed by atoms with Crippen LogP contribution in [-0.4, -0.2) is 96.6 Å². The molecule has 0 aliphatic carbocycles. The van der Waals surface area contributed by atoms with Crippen LogP contribution in [0.25, 0.3) is 0 Å². The van der Waals surface area contributed by atoms with Gasteiger partial charge in [-0.05, 0) is 12.8 Å². The lowest BCUT2D eigenvalue weighted by Gasteiger charge is -2.37. The summed E-state index contributed by atoms with van der Waals surface area (Å²) in [6.07, 6.45) is 1.59. The maximum atomic E-state index is 6.18. The van der Waals surface area contributed by atoms with Crippen LogP contribution in [0.3, 0.4) is 0 Å². The molecule has 0 amide bonds. The van der Waals surface area contributed by atoms with Gasteiger partial charge >= 0.3 is 0 Å². The van der Waals surface area contributed by atoms with Gasteiger partial charge in [0.2, 0.25) is 17.8 Å². The van der Waals surface area contributed by atoms with Crippen LogP contribution >= 0.6 is 12.4 Å². The minimum Gasteiger partial charge on any atom is -0.379 e. The number of nitrogens with zero attached hydrogens (tertiary/aromatic N) is 6. The lowest BCUT2D eigenvalue weighted by molar-refractivity contribution is 0.0492. The summed E-state index contributed by atoms with van der Waals surface area (Å²) in [4.78, 5) is 18.1. The first-order chi connectivity index (χ1) is 14.0. The zero-order valence-corrected chi connectivity index (χ0v) is 18.0. The van der Waals surface area contributed by atoms with Gasteiger partial charge < -0.3 is 37.5 Å². The number of nitrogens with two attached hydrogens (primary N) is 4. The molecule has 3 aliphatic rings. The van der Waals surface area contributed by atoms with Crippen LogP contribution in [-0.2, 0) is 4.74 Å². The number of halogens is 1. The number of hydrogen-bond acceptors (Lipinski definition) is 12. The van der Waals surface area contributed by atoms with Crippen LogP contribution in [0, 0.1) is 0 Å². The molecule has 1 aromatic heterocycles. The van der Waals surface area contributed by atoms with Gasteiger partial charge in [-0.3, -0.25) is 5.43 Å². The van der Waals surface area contributed by atoms with Gasteiger partial charge in [0.1, 0.15) is 0 Å². The molecule has 30 heavy (non-hydrogen) atoms. The topological polar surface area (TPSA) is 174 Å². The van der Waals surface area contributed by atoms with Crippen molar-refractivity contribution in [1.29, 1.82) is 0 Å². The number of aromatic nitrogens is 3. The molecule has 12 nitrogen and oxygen atoms in total. The van der Waals surface area contributed by atoms with Crippen molar-refractivity contribution in [2.45, 2.75) is 37.0 Å². The predicted octanol–water partition coefficient (Wildman–Crippen LogP) is -2.32. The van der Waals surface area contributed by atoms with Gasteiger partial charge in [-0.25, -0.2) is 5.01 Å². The Hall–Kier alpha value is -1.54. The lowest BCUT2D eigenvalue weighted by atomic mass is 10.0. The van der Waals surface area contributed by atoms with E-state index in [9.17, 15) is 0 Å². The second-order valence-corrected chi connectivity index (χ2v) is 8.29. The Morgan fingerprint density at radius 3 is 1.60 bits per heavy atom. The summed E-state index contributed by atoms with van der Waals surface area (Å²) in [5.74, 6) is 1.64. The highest BCUT2D eigenvalue weighted by Crippen LogP contribution is 2.22. The average molecular weight is 444 g/mol. The molecule has 4 rings (SSSR count). The molecule has 0 spiro atoms. The SMILES string of the molecule is Cl.N[C@@H]1C[C@H](N)CN(c2nc(NN3CCOCC3)nc(N3C[C@H](N)C[C@H](N)C3)n2)C1. The molecular weight excluding hydrogens is 410 g/mol. The minimum atomic E-state index is -0.00792. The Morgan fingerprint density at radius 1 is 0.733 bits per heavy atom. The number of hydrazine groups is 1. The largest absolute Gasteiger partial charge is 0.379 e. The van der Waals surface area contributed by atoms with Crippen LogP contribution in [0.5, 0.6) is 0 Å². The Morgan fingerprint density at radius 2 is 1.17 bits per heavy atom. The molecule has 0 radical (unpaired) electrons. The van der Waals surface area contributed by atoms with Gasteiger partial charge in [-0.1, -0.05) is 0 Å². The fourth-order valence-corrected chi connectivity index (χ4v) is 4.19. The van der Waals surface area contributed by atoms with Crippen LogP contribution in [0.2, 0.25) is 0 Å². The minimum absolute atomic E-state index is 0. The maximum Gasteiger partial charge on any atom is 0.244 e. The highest BCUT2D eigenvalue weighted by molar-refractivity contribution is 5.85. The predicted molar refractivity (Wildman–Crippen MR) is 119 cm³/mol. The molecule has 4 atom stereocenters. The lowest BCUT2D eigenvalue weighted by Crippen LogP contribution is -2.54. The second kappa shape index (κ2) is 10.2. The third-order valence-electron chi connectivity index (χ3n) is 5.48. The van der Waals surface area contributed by atoms with Gasteiger partial charge in [0.25, 0.3) is 0 Å². The van der Waals surface area contributed by atoms with Gasteiger partial charge in [-0.15, -0.1) is 12.4 Å². The fraction of sp³-hybridized carbons (Fsp3) is 0.824. The van der Waals surface area contributed by atoms with Gasteiger partial charge in [0, 0.05) is 63.4 Å². The molecular formula is C17H34ClN11O. The van der Waals surface area contributed by atoms with E-state index >= 15 is 0 Å². The van der Waals surface area contributed by atoms with Crippen molar-refractivity contribution in [2.75, 3.05) is 67.7 Å². The molecule has 0 bridgehead atoms. The third-order valence-corrected chi connectivity index (χ3v) is 5.48. The number of rotatable bonds is 4. The van der Waals surface area contributed by atoms with E-state index in [1.165, 1.54) is 0 Å². The standard InChI is InChI=1S/C17H33N11O.ClH/c18-11-5-12(19)8-26(7-11)16-22-15(25-28-1-3-29-4-2-28)23-17(24-16)27-9-13(20)6-14(21)10-27;/h11-14H,1-10,18-21H2,(H,22,23,24,25);1H/t11-,12+,13-,14+;. The Balaban J connectivity index is 0.00000256. The van der Waals surface area contributed by atoms with Crippen LogP contribution in [0.1, 0.15) is 12.8 Å². The van der Waals surface area contributed by atoms with Crippen LogP contribution in [0.4, 0.5) is 17.8 Å². The number of morpholine rings is 1. The van der Waals surface area contributed by atoms with Crippen LogP contribution < -0.4 is 38.2 Å². The Kier molecular flexibility index (Phi) is 7.85. The quantitative estimate of drug-likeness (QED) is 0.336. The molecule has 9 N–H and O–H groups in total. The molecule has 4 heterocycles. The Bertz CT molecular complexity index is 627. The summed E-state index contributed by atoms with van der Waals surface area (Å²) in [5, 5.41) is 2.05. The molecule has 170 valence electrons. The first-order valence-electron chi connectivity index (χ1n) is 10.3. The zero-order chi connectivity index (χ0) is 20.4. The van der Waals surface area contributed by atoms with E-state index in [1.807, 2.05) is 14.8 Å². The van der Waals surface area contributed by atoms with E-state index in [4.69, 9.17) is 32.7 Å². The van der Waals surface area contributed by atoms with E-state index < -0.39 is 0 Å². The number of ether oxygens (including phenoxy) is 1. The zero-order valence-electron chi connectivity index (χ0n) is 17.2.